The van der Waals surface area contributed by atoms with Crippen molar-refractivity contribution in [1.82, 2.24) is 19.6 Å². The van der Waals surface area contributed by atoms with E-state index in [1.807, 2.05) is 25.6 Å². The molecule has 0 unspecified atom stereocenters. The standard InChI is InChI=1S/C8H13N5/c1-4-13-6-5(2)10-12(3)7(6)8(9)11-13/h4H2,1-3H3,(H2,9,11). The van der Waals surface area contributed by atoms with Crippen molar-refractivity contribution >= 4 is 16.9 Å². The number of nitrogens with two attached hydrogens (primary N) is 1. The molecule has 0 spiro atoms. The summed E-state index contributed by atoms with van der Waals surface area (Å²) < 4.78 is 3.66. The van der Waals surface area contributed by atoms with Crippen LogP contribution in [-0.2, 0) is 13.6 Å². The first-order chi connectivity index (χ1) is 6.15. The van der Waals surface area contributed by atoms with Crippen LogP contribution in [-0.4, -0.2) is 19.6 Å². The highest BCUT2D eigenvalue weighted by atomic mass is 15.4. The van der Waals surface area contributed by atoms with Crippen molar-refractivity contribution in [2.75, 3.05) is 5.73 Å². The number of hydrogen-bond acceptors (Lipinski definition) is 3. The van der Waals surface area contributed by atoms with Crippen LogP contribution in [0.15, 0.2) is 0 Å². The number of anilines is 1. The van der Waals surface area contributed by atoms with Gasteiger partial charge in [-0.3, -0.25) is 9.36 Å². The summed E-state index contributed by atoms with van der Waals surface area (Å²) in [5, 5.41) is 8.52. The molecule has 5 nitrogen and oxygen atoms in total. The fraction of sp³-hybridized carbons (Fsp3) is 0.500. The third-order valence-electron chi connectivity index (χ3n) is 2.22. The molecule has 2 heterocycles. The Bertz CT molecular complexity index is 450. The molecule has 2 rings (SSSR count). The fourth-order valence-electron chi connectivity index (χ4n) is 1.70. The number of fused-ring (bicyclic) bond motifs is 1. The minimum absolute atomic E-state index is 0.556. The van der Waals surface area contributed by atoms with Gasteiger partial charge in [-0.2, -0.15) is 10.2 Å². The van der Waals surface area contributed by atoms with E-state index < -0.39 is 0 Å². The van der Waals surface area contributed by atoms with Gasteiger partial charge in [-0.1, -0.05) is 0 Å². The van der Waals surface area contributed by atoms with Crippen LogP contribution in [0.2, 0.25) is 0 Å². The Kier molecular flexibility index (Phi) is 1.55. The van der Waals surface area contributed by atoms with Crippen LogP contribution in [0.3, 0.4) is 0 Å². The normalized spacial score (nSPS) is 11.3. The molecular weight excluding hydrogens is 166 g/mol. The average Bonchev–Trinajstić information content (AvgIpc) is 2.54. The summed E-state index contributed by atoms with van der Waals surface area (Å²) in [5.41, 5.74) is 8.72. The molecule has 0 radical (unpaired) electrons. The van der Waals surface area contributed by atoms with Crippen molar-refractivity contribution in [2.24, 2.45) is 7.05 Å². The van der Waals surface area contributed by atoms with E-state index in [4.69, 9.17) is 5.73 Å². The van der Waals surface area contributed by atoms with E-state index in [9.17, 15) is 0 Å². The molecule has 0 atom stereocenters. The number of hydrogen-bond donors (Lipinski definition) is 1. The van der Waals surface area contributed by atoms with E-state index in [1.54, 1.807) is 4.68 Å². The number of rotatable bonds is 1. The van der Waals surface area contributed by atoms with E-state index in [0.717, 1.165) is 23.3 Å². The maximum atomic E-state index is 5.77. The lowest BCUT2D eigenvalue weighted by Gasteiger charge is -1.94. The number of aromatic nitrogens is 4. The third-order valence-corrected chi connectivity index (χ3v) is 2.22. The predicted molar refractivity (Wildman–Crippen MR) is 51.3 cm³/mol. The Morgan fingerprint density at radius 3 is 2.62 bits per heavy atom. The van der Waals surface area contributed by atoms with E-state index in [1.165, 1.54) is 0 Å². The SMILES string of the molecule is CCn1nc(N)c2c1c(C)nn2C. The zero-order chi connectivity index (χ0) is 9.59. The van der Waals surface area contributed by atoms with Gasteiger partial charge in [0.1, 0.15) is 11.0 Å². The van der Waals surface area contributed by atoms with Gasteiger partial charge in [0.05, 0.1) is 5.69 Å². The monoisotopic (exact) mass is 179 g/mol. The van der Waals surface area contributed by atoms with Crippen LogP contribution in [0.1, 0.15) is 12.6 Å². The van der Waals surface area contributed by atoms with Crippen molar-refractivity contribution < 1.29 is 0 Å². The smallest absolute Gasteiger partial charge is 0.171 e. The summed E-state index contributed by atoms with van der Waals surface area (Å²) in [6, 6.07) is 0. The first kappa shape index (κ1) is 8.10. The summed E-state index contributed by atoms with van der Waals surface area (Å²) in [6.07, 6.45) is 0. The van der Waals surface area contributed by atoms with Gasteiger partial charge < -0.3 is 5.73 Å². The molecule has 2 aromatic heterocycles. The molecule has 0 aliphatic heterocycles. The van der Waals surface area contributed by atoms with Gasteiger partial charge in [0.2, 0.25) is 0 Å². The Hall–Kier alpha value is -1.52. The molecule has 0 amide bonds. The van der Waals surface area contributed by atoms with Gasteiger partial charge in [-0.05, 0) is 13.8 Å². The second kappa shape index (κ2) is 2.48. The highest BCUT2D eigenvalue weighted by Gasteiger charge is 2.14. The van der Waals surface area contributed by atoms with Crippen LogP contribution in [0, 0.1) is 6.92 Å². The molecule has 0 fully saturated rings. The van der Waals surface area contributed by atoms with Gasteiger partial charge >= 0.3 is 0 Å². The second-order valence-corrected chi connectivity index (χ2v) is 3.11. The summed E-state index contributed by atoms with van der Waals surface area (Å²) in [6.45, 7) is 4.83. The number of aryl methyl sites for hydroxylation is 3. The van der Waals surface area contributed by atoms with E-state index in [-0.39, 0.29) is 0 Å². The minimum atomic E-state index is 0.556. The topological polar surface area (TPSA) is 61.7 Å². The van der Waals surface area contributed by atoms with E-state index in [2.05, 4.69) is 10.2 Å². The lowest BCUT2D eigenvalue weighted by molar-refractivity contribution is 0.683. The first-order valence-electron chi connectivity index (χ1n) is 4.30. The minimum Gasteiger partial charge on any atom is -0.380 e. The molecule has 0 saturated carbocycles. The average molecular weight is 179 g/mol. The van der Waals surface area contributed by atoms with Crippen LogP contribution in [0.25, 0.3) is 11.0 Å². The van der Waals surface area contributed by atoms with Gasteiger partial charge in [-0.25, -0.2) is 0 Å². The van der Waals surface area contributed by atoms with Gasteiger partial charge in [-0.15, -0.1) is 0 Å². The Morgan fingerprint density at radius 1 is 1.31 bits per heavy atom. The quantitative estimate of drug-likeness (QED) is 0.700. The predicted octanol–water partition coefficient (Wildman–Crippen LogP) is 0.680. The second-order valence-electron chi connectivity index (χ2n) is 3.11. The van der Waals surface area contributed by atoms with Crippen molar-refractivity contribution in [1.29, 1.82) is 0 Å². The summed E-state index contributed by atoms with van der Waals surface area (Å²) in [4.78, 5) is 0. The van der Waals surface area contributed by atoms with Gasteiger partial charge in [0.15, 0.2) is 5.82 Å². The molecule has 0 saturated heterocycles. The Labute approximate surface area is 76.1 Å². The molecule has 2 aromatic rings. The van der Waals surface area contributed by atoms with Crippen molar-refractivity contribution in [3.8, 4) is 0 Å². The summed E-state index contributed by atoms with van der Waals surface area (Å²) in [5.74, 6) is 0.556. The zero-order valence-corrected chi connectivity index (χ0v) is 8.07. The van der Waals surface area contributed by atoms with Crippen molar-refractivity contribution in [2.45, 2.75) is 20.4 Å². The van der Waals surface area contributed by atoms with E-state index in [0.29, 0.717) is 5.82 Å². The van der Waals surface area contributed by atoms with Gasteiger partial charge in [0.25, 0.3) is 0 Å². The van der Waals surface area contributed by atoms with Crippen LogP contribution < -0.4 is 5.73 Å². The lowest BCUT2D eigenvalue weighted by atomic mass is 10.4. The van der Waals surface area contributed by atoms with Crippen LogP contribution in [0.5, 0.6) is 0 Å². The fourth-order valence-corrected chi connectivity index (χ4v) is 1.70. The lowest BCUT2D eigenvalue weighted by Crippen LogP contribution is -1.99. The molecular formula is C8H13N5. The molecule has 13 heavy (non-hydrogen) atoms. The van der Waals surface area contributed by atoms with Crippen LogP contribution >= 0.6 is 0 Å². The zero-order valence-electron chi connectivity index (χ0n) is 8.07. The summed E-state index contributed by atoms with van der Waals surface area (Å²) >= 11 is 0. The van der Waals surface area contributed by atoms with Crippen LogP contribution in [0.4, 0.5) is 5.82 Å². The van der Waals surface area contributed by atoms with Gasteiger partial charge in [0, 0.05) is 13.6 Å². The molecule has 70 valence electrons. The largest absolute Gasteiger partial charge is 0.380 e. The first-order valence-corrected chi connectivity index (χ1v) is 4.30. The molecule has 0 aromatic carbocycles. The maximum absolute atomic E-state index is 5.77. The van der Waals surface area contributed by atoms with Crippen molar-refractivity contribution in [3.05, 3.63) is 5.69 Å². The highest BCUT2D eigenvalue weighted by molar-refractivity contribution is 5.87. The van der Waals surface area contributed by atoms with Crippen molar-refractivity contribution in [3.63, 3.8) is 0 Å². The van der Waals surface area contributed by atoms with E-state index >= 15 is 0 Å². The molecule has 0 bridgehead atoms. The third kappa shape index (κ3) is 0.929. The number of nitrogen functional groups attached to an aromatic ring is 1. The Balaban J connectivity index is 2.90. The highest BCUT2D eigenvalue weighted by Crippen LogP contribution is 2.22. The maximum Gasteiger partial charge on any atom is 0.171 e. The molecule has 0 aliphatic carbocycles. The summed E-state index contributed by atoms with van der Waals surface area (Å²) in [7, 11) is 1.88. The molecule has 0 aliphatic rings. The molecule has 2 N–H and O–H groups in total. The number of nitrogens with zero attached hydrogens (tertiary/aromatic N) is 4. The Morgan fingerprint density at radius 2 is 2.00 bits per heavy atom. The molecule has 5 heteroatoms.